The maximum absolute atomic E-state index is 12.5. The summed E-state index contributed by atoms with van der Waals surface area (Å²) in [6.45, 7) is -1.38. The van der Waals surface area contributed by atoms with Gasteiger partial charge in [-0.05, 0) is 37.3 Å². The highest BCUT2D eigenvalue weighted by Gasteiger charge is 2.16. The molecule has 2 N–H and O–H groups in total. The van der Waals surface area contributed by atoms with Crippen molar-refractivity contribution in [1.82, 2.24) is 0 Å². The number of hydrogen-bond acceptors (Lipinski definition) is 4. The van der Waals surface area contributed by atoms with Gasteiger partial charge >= 0.3 is 6.61 Å². The third kappa shape index (κ3) is 5.64. The van der Waals surface area contributed by atoms with Crippen LogP contribution in [0.15, 0.2) is 36.4 Å². The number of alkyl halides is 2. The molecule has 0 saturated heterocycles. The Morgan fingerprint density at radius 3 is 2.27 bits per heavy atom. The Morgan fingerprint density at radius 2 is 1.69 bits per heavy atom. The zero-order chi connectivity index (χ0) is 19.3. The largest absolute Gasteiger partial charge is 0.493 e. The van der Waals surface area contributed by atoms with E-state index in [1.165, 1.54) is 19.2 Å². The Hall–Kier alpha value is -2.25. The predicted molar refractivity (Wildman–Crippen MR) is 97.8 cm³/mol. The standard InChI is InChI=1S/C17H16Cl2F2N2O3/c1-9(16(24)23-13-6-10(18)5-11(19)7-13)22-12-3-4-14(25-2)15(8-12)26-17(20)21/h3-9,17,22H,1-2H3,(H,23,24). The number of methoxy groups -OCH3 is 1. The summed E-state index contributed by atoms with van der Waals surface area (Å²) in [6, 6.07) is 8.34. The zero-order valence-corrected chi connectivity index (χ0v) is 15.4. The summed E-state index contributed by atoms with van der Waals surface area (Å²) in [5.74, 6) is -0.348. The number of amides is 1. The van der Waals surface area contributed by atoms with Crippen LogP contribution in [-0.2, 0) is 4.79 Å². The molecule has 140 valence electrons. The molecule has 0 aliphatic rings. The summed E-state index contributed by atoms with van der Waals surface area (Å²) in [4.78, 5) is 12.3. The van der Waals surface area contributed by atoms with E-state index in [0.717, 1.165) is 0 Å². The first-order chi connectivity index (χ1) is 12.3. The maximum Gasteiger partial charge on any atom is 0.387 e. The van der Waals surface area contributed by atoms with Crippen LogP contribution >= 0.6 is 23.2 Å². The first kappa shape index (κ1) is 20.1. The fourth-order valence-electron chi connectivity index (χ4n) is 2.15. The number of rotatable bonds is 7. The van der Waals surface area contributed by atoms with E-state index in [2.05, 4.69) is 15.4 Å². The van der Waals surface area contributed by atoms with Crippen molar-refractivity contribution in [3.05, 3.63) is 46.4 Å². The second-order valence-electron chi connectivity index (χ2n) is 5.26. The highest BCUT2D eigenvalue weighted by atomic mass is 35.5. The van der Waals surface area contributed by atoms with Gasteiger partial charge < -0.3 is 20.1 Å². The second-order valence-corrected chi connectivity index (χ2v) is 6.13. The Balaban J connectivity index is 2.08. The van der Waals surface area contributed by atoms with Gasteiger partial charge in [-0.3, -0.25) is 4.79 Å². The van der Waals surface area contributed by atoms with Crippen LogP contribution in [0.1, 0.15) is 6.92 Å². The Kier molecular flexibility index (Phi) is 6.88. The molecule has 0 radical (unpaired) electrons. The number of nitrogens with one attached hydrogen (secondary N) is 2. The molecule has 2 aromatic carbocycles. The summed E-state index contributed by atoms with van der Waals surface area (Å²) >= 11 is 11.8. The number of ether oxygens (including phenoxy) is 2. The molecular formula is C17H16Cl2F2N2O3. The van der Waals surface area contributed by atoms with Gasteiger partial charge in [-0.2, -0.15) is 8.78 Å². The summed E-state index contributed by atoms with van der Waals surface area (Å²) in [6.07, 6.45) is 0. The topological polar surface area (TPSA) is 59.6 Å². The lowest BCUT2D eigenvalue weighted by Crippen LogP contribution is -2.31. The smallest absolute Gasteiger partial charge is 0.387 e. The number of carbonyl (C=O) groups excluding carboxylic acids is 1. The van der Waals surface area contributed by atoms with Crippen LogP contribution in [-0.4, -0.2) is 25.7 Å². The van der Waals surface area contributed by atoms with Crippen LogP contribution < -0.4 is 20.1 Å². The first-order valence-electron chi connectivity index (χ1n) is 7.45. The highest BCUT2D eigenvalue weighted by molar-refractivity contribution is 6.35. The quantitative estimate of drug-likeness (QED) is 0.678. The predicted octanol–water partition coefficient (Wildman–Crippen LogP) is 5.04. The molecule has 0 fully saturated rings. The minimum Gasteiger partial charge on any atom is -0.493 e. The third-order valence-electron chi connectivity index (χ3n) is 3.29. The molecular weight excluding hydrogens is 389 g/mol. The fourth-order valence-corrected chi connectivity index (χ4v) is 2.67. The monoisotopic (exact) mass is 404 g/mol. The fraction of sp³-hybridized carbons (Fsp3) is 0.235. The van der Waals surface area contributed by atoms with Crippen molar-refractivity contribution in [3.8, 4) is 11.5 Å². The first-order valence-corrected chi connectivity index (χ1v) is 8.20. The van der Waals surface area contributed by atoms with Gasteiger partial charge in [0.15, 0.2) is 11.5 Å². The zero-order valence-electron chi connectivity index (χ0n) is 13.9. The highest BCUT2D eigenvalue weighted by Crippen LogP contribution is 2.31. The van der Waals surface area contributed by atoms with E-state index in [9.17, 15) is 13.6 Å². The van der Waals surface area contributed by atoms with Gasteiger partial charge in [-0.25, -0.2) is 0 Å². The number of hydrogen-bond donors (Lipinski definition) is 2. The maximum atomic E-state index is 12.5. The molecule has 0 saturated carbocycles. The molecule has 0 heterocycles. The van der Waals surface area contributed by atoms with Crippen molar-refractivity contribution in [2.45, 2.75) is 19.6 Å². The average Bonchev–Trinajstić information content (AvgIpc) is 2.53. The number of anilines is 2. The van der Waals surface area contributed by atoms with Gasteiger partial charge in [0.1, 0.15) is 6.04 Å². The van der Waals surface area contributed by atoms with Gasteiger partial charge in [0, 0.05) is 27.5 Å². The van der Waals surface area contributed by atoms with Gasteiger partial charge in [0.25, 0.3) is 0 Å². The van der Waals surface area contributed by atoms with Crippen molar-refractivity contribution in [3.63, 3.8) is 0 Å². The SMILES string of the molecule is COc1ccc(NC(C)C(=O)Nc2cc(Cl)cc(Cl)c2)cc1OC(F)F. The Labute approximate surface area is 159 Å². The van der Waals surface area contributed by atoms with Crippen molar-refractivity contribution in [2.24, 2.45) is 0 Å². The van der Waals surface area contributed by atoms with E-state index >= 15 is 0 Å². The molecule has 1 unspecified atom stereocenters. The van der Waals surface area contributed by atoms with Crippen molar-refractivity contribution >= 4 is 40.5 Å². The summed E-state index contributed by atoms with van der Waals surface area (Å²) in [7, 11) is 1.34. The van der Waals surface area contributed by atoms with E-state index in [-0.39, 0.29) is 17.4 Å². The summed E-state index contributed by atoms with van der Waals surface area (Å²) < 4.78 is 34.3. The summed E-state index contributed by atoms with van der Waals surface area (Å²) in [5, 5.41) is 6.34. The lowest BCUT2D eigenvalue weighted by Gasteiger charge is -2.17. The Morgan fingerprint density at radius 1 is 1.04 bits per heavy atom. The third-order valence-corrected chi connectivity index (χ3v) is 3.72. The van der Waals surface area contributed by atoms with Gasteiger partial charge in [-0.1, -0.05) is 23.2 Å². The summed E-state index contributed by atoms with van der Waals surface area (Å²) in [5.41, 5.74) is 0.853. The molecule has 5 nitrogen and oxygen atoms in total. The minimum atomic E-state index is -2.99. The van der Waals surface area contributed by atoms with Crippen LogP contribution in [0, 0.1) is 0 Å². The molecule has 0 aromatic heterocycles. The molecule has 0 spiro atoms. The van der Waals surface area contributed by atoms with Crippen LogP contribution in [0.5, 0.6) is 11.5 Å². The molecule has 0 aliphatic heterocycles. The molecule has 1 atom stereocenters. The van der Waals surface area contributed by atoms with Crippen molar-refractivity contribution in [2.75, 3.05) is 17.7 Å². The molecule has 1 amide bonds. The van der Waals surface area contributed by atoms with E-state index in [1.807, 2.05) is 0 Å². The minimum absolute atomic E-state index is 0.137. The van der Waals surface area contributed by atoms with Crippen LogP contribution in [0.2, 0.25) is 10.0 Å². The van der Waals surface area contributed by atoms with Crippen LogP contribution in [0.3, 0.4) is 0 Å². The Bertz CT molecular complexity index is 770. The number of halogens is 4. The van der Waals surface area contributed by atoms with E-state index < -0.39 is 12.7 Å². The van der Waals surface area contributed by atoms with Gasteiger partial charge in [-0.15, -0.1) is 0 Å². The van der Waals surface area contributed by atoms with Gasteiger partial charge in [0.05, 0.1) is 7.11 Å². The second kappa shape index (κ2) is 8.91. The van der Waals surface area contributed by atoms with E-state index in [1.54, 1.807) is 31.2 Å². The molecule has 9 heteroatoms. The van der Waals surface area contributed by atoms with Crippen LogP contribution in [0.25, 0.3) is 0 Å². The number of benzene rings is 2. The van der Waals surface area contributed by atoms with E-state index in [0.29, 0.717) is 21.4 Å². The van der Waals surface area contributed by atoms with E-state index in [4.69, 9.17) is 27.9 Å². The lowest BCUT2D eigenvalue weighted by molar-refractivity contribution is -0.116. The molecule has 0 bridgehead atoms. The molecule has 0 aliphatic carbocycles. The number of carbonyl (C=O) groups is 1. The average molecular weight is 405 g/mol. The normalized spacial score (nSPS) is 11.8. The molecule has 2 aromatic rings. The van der Waals surface area contributed by atoms with Gasteiger partial charge in [0.2, 0.25) is 5.91 Å². The molecule has 26 heavy (non-hydrogen) atoms. The lowest BCUT2D eigenvalue weighted by atomic mass is 10.2. The van der Waals surface area contributed by atoms with Crippen LogP contribution in [0.4, 0.5) is 20.2 Å². The molecule has 2 rings (SSSR count). The van der Waals surface area contributed by atoms with Crippen molar-refractivity contribution < 1.29 is 23.0 Å². The van der Waals surface area contributed by atoms with Crippen molar-refractivity contribution in [1.29, 1.82) is 0 Å².